The maximum atomic E-state index is 13.4. The Labute approximate surface area is 167 Å². The fourth-order valence-corrected chi connectivity index (χ4v) is 4.51. The first-order valence-corrected chi connectivity index (χ1v) is 9.32. The van der Waals surface area contributed by atoms with E-state index in [9.17, 15) is 19.2 Å². The third kappa shape index (κ3) is 2.78. The summed E-state index contributed by atoms with van der Waals surface area (Å²) in [4.78, 5) is 51.0. The largest absolute Gasteiger partial charge is 0.422 e. The van der Waals surface area contributed by atoms with E-state index in [0.717, 1.165) is 11.1 Å². The Kier molecular flexibility index (Phi) is 4.34. The first kappa shape index (κ1) is 19.3. The van der Waals surface area contributed by atoms with Crippen molar-refractivity contribution in [1.29, 1.82) is 0 Å². The molecule has 2 bridgehead atoms. The number of benzene rings is 1. The van der Waals surface area contributed by atoms with Crippen molar-refractivity contribution in [3.05, 3.63) is 41.5 Å². The minimum atomic E-state index is -1.53. The average molecular weight is 399 g/mol. The predicted octanol–water partition coefficient (Wildman–Crippen LogP) is 1.57. The van der Waals surface area contributed by atoms with Gasteiger partial charge in [0, 0.05) is 13.8 Å². The van der Waals surface area contributed by atoms with Crippen LogP contribution < -0.4 is 4.90 Å². The highest BCUT2D eigenvalue weighted by Crippen LogP contribution is 2.54. The number of anilines is 1. The molecule has 3 aliphatic heterocycles. The van der Waals surface area contributed by atoms with Crippen molar-refractivity contribution in [1.82, 2.24) is 0 Å². The Morgan fingerprint density at radius 2 is 1.76 bits per heavy atom. The molecule has 2 fully saturated rings. The van der Waals surface area contributed by atoms with Crippen molar-refractivity contribution < 1.29 is 33.4 Å². The normalized spacial score (nSPS) is 29.6. The topological polar surface area (TPSA) is 99.2 Å². The second-order valence-electron chi connectivity index (χ2n) is 7.65. The average Bonchev–Trinajstić information content (AvgIpc) is 3.26. The zero-order valence-electron chi connectivity index (χ0n) is 16.5. The molecule has 0 radical (unpaired) electrons. The molecule has 0 unspecified atom stereocenters. The van der Waals surface area contributed by atoms with Crippen LogP contribution in [0.15, 0.2) is 30.4 Å². The molecule has 0 aliphatic carbocycles. The lowest BCUT2D eigenvalue weighted by Crippen LogP contribution is -2.52. The number of imide groups is 1. The zero-order chi connectivity index (χ0) is 21.1. The molecule has 8 heteroatoms. The van der Waals surface area contributed by atoms with Crippen LogP contribution in [-0.2, 0) is 33.4 Å². The van der Waals surface area contributed by atoms with E-state index in [2.05, 4.69) is 0 Å². The molecule has 152 valence electrons. The fourth-order valence-electron chi connectivity index (χ4n) is 4.51. The summed E-state index contributed by atoms with van der Waals surface area (Å²) in [5, 5.41) is 0. The van der Waals surface area contributed by atoms with Gasteiger partial charge in [0.2, 0.25) is 11.8 Å². The molecule has 8 nitrogen and oxygen atoms in total. The summed E-state index contributed by atoms with van der Waals surface area (Å²) in [7, 11) is 0. The first-order chi connectivity index (χ1) is 13.7. The van der Waals surface area contributed by atoms with Gasteiger partial charge in [0.25, 0.3) is 6.29 Å². The molecule has 0 aromatic heterocycles. The van der Waals surface area contributed by atoms with Crippen molar-refractivity contribution in [3.8, 4) is 0 Å². The molecule has 4 rings (SSSR count). The van der Waals surface area contributed by atoms with Gasteiger partial charge in [0.05, 0.1) is 23.6 Å². The van der Waals surface area contributed by atoms with Crippen LogP contribution in [0.1, 0.15) is 25.0 Å². The van der Waals surface area contributed by atoms with Crippen LogP contribution in [0.3, 0.4) is 0 Å². The molecular formula is C21H21NO7. The molecule has 2 amide bonds. The molecular weight excluding hydrogens is 378 g/mol. The van der Waals surface area contributed by atoms with Gasteiger partial charge in [-0.1, -0.05) is 23.8 Å². The van der Waals surface area contributed by atoms with Crippen molar-refractivity contribution in [2.24, 2.45) is 11.8 Å². The van der Waals surface area contributed by atoms with Gasteiger partial charge in [-0.2, -0.15) is 0 Å². The van der Waals surface area contributed by atoms with Gasteiger partial charge in [-0.3, -0.25) is 19.2 Å². The minimum absolute atomic E-state index is 0.382. The summed E-state index contributed by atoms with van der Waals surface area (Å²) >= 11 is 0. The van der Waals surface area contributed by atoms with Crippen LogP contribution in [-0.4, -0.2) is 41.7 Å². The van der Waals surface area contributed by atoms with Crippen LogP contribution >= 0.6 is 0 Å². The SMILES string of the molecule is CC(=O)OC(OC(C)=O)[C@@]12C=C[C@@H](O1)[C@@H]1C(=O)N(c3ccc(C)cc3C)C(=O)[C@@H]12. The zero-order valence-corrected chi connectivity index (χ0v) is 16.5. The van der Waals surface area contributed by atoms with Gasteiger partial charge < -0.3 is 14.2 Å². The number of esters is 2. The third-order valence-electron chi connectivity index (χ3n) is 5.59. The summed E-state index contributed by atoms with van der Waals surface area (Å²) in [5.41, 5.74) is 0.772. The highest BCUT2D eigenvalue weighted by Gasteiger charge is 2.72. The van der Waals surface area contributed by atoms with Gasteiger partial charge in [-0.15, -0.1) is 0 Å². The first-order valence-electron chi connectivity index (χ1n) is 9.32. The van der Waals surface area contributed by atoms with Gasteiger partial charge in [0.1, 0.15) is 0 Å². The second kappa shape index (κ2) is 6.52. The lowest BCUT2D eigenvalue weighted by Gasteiger charge is -2.34. The van der Waals surface area contributed by atoms with E-state index in [4.69, 9.17) is 14.2 Å². The molecule has 29 heavy (non-hydrogen) atoms. The Balaban J connectivity index is 1.76. The summed E-state index contributed by atoms with van der Waals surface area (Å²) in [5.74, 6) is -3.98. The van der Waals surface area contributed by atoms with Gasteiger partial charge in [-0.25, -0.2) is 4.90 Å². The highest BCUT2D eigenvalue weighted by molar-refractivity contribution is 6.23. The van der Waals surface area contributed by atoms with Gasteiger partial charge >= 0.3 is 11.9 Å². The minimum Gasteiger partial charge on any atom is -0.422 e. The number of nitrogens with zero attached hydrogens (tertiary/aromatic N) is 1. The van der Waals surface area contributed by atoms with Crippen molar-refractivity contribution in [2.45, 2.75) is 45.7 Å². The van der Waals surface area contributed by atoms with Crippen LogP contribution in [0.2, 0.25) is 0 Å². The number of rotatable bonds is 4. The standard InChI is InChI=1S/C21H21NO7/c1-10-5-6-14(11(2)9-10)22-18(25)16-15-7-8-21(29-15,17(16)19(22)26)20(27-12(3)23)28-13(4)24/h5-9,15-17,20H,1-4H3/t15-,16+,17-,21+/m1/s1. The molecule has 0 spiro atoms. The molecule has 0 saturated carbocycles. The van der Waals surface area contributed by atoms with Crippen LogP contribution in [0.5, 0.6) is 0 Å². The third-order valence-corrected chi connectivity index (χ3v) is 5.59. The molecule has 1 aromatic rings. The number of carbonyl (C=O) groups excluding carboxylic acids is 4. The Hall–Kier alpha value is -3.00. The van der Waals surface area contributed by atoms with E-state index in [1.54, 1.807) is 18.2 Å². The molecule has 4 atom stereocenters. The number of amides is 2. The van der Waals surface area contributed by atoms with Crippen molar-refractivity contribution in [3.63, 3.8) is 0 Å². The number of hydrogen-bond donors (Lipinski definition) is 0. The fraction of sp³-hybridized carbons (Fsp3) is 0.429. The number of hydrogen-bond acceptors (Lipinski definition) is 7. The van der Waals surface area contributed by atoms with Crippen LogP contribution in [0.25, 0.3) is 0 Å². The summed E-state index contributed by atoms with van der Waals surface area (Å²) in [6, 6.07) is 5.46. The highest BCUT2D eigenvalue weighted by atomic mass is 16.7. The van der Waals surface area contributed by atoms with E-state index >= 15 is 0 Å². The van der Waals surface area contributed by atoms with E-state index in [1.165, 1.54) is 18.7 Å². The number of fused-ring (bicyclic) bond motifs is 5. The van der Waals surface area contributed by atoms with Crippen molar-refractivity contribution >= 4 is 29.4 Å². The van der Waals surface area contributed by atoms with Crippen molar-refractivity contribution in [2.75, 3.05) is 4.90 Å². The molecule has 3 aliphatic rings. The molecule has 1 aromatic carbocycles. The second-order valence-corrected chi connectivity index (χ2v) is 7.65. The lowest BCUT2D eigenvalue weighted by molar-refractivity contribution is -0.226. The van der Waals surface area contributed by atoms with E-state index < -0.39 is 47.7 Å². The Morgan fingerprint density at radius 3 is 2.34 bits per heavy atom. The van der Waals surface area contributed by atoms with E-state index in [0.29, 0.717) is 5.69 Å². The van der Waals surface area contributed by atoms with Gasteiger partial charge in [0.15, 0.2) is 5.60 Å². The number of carbonyl (C=O) groups is 4. The quantitative estimate of drug-likeness (QED) is 0.328. The smallest absolute Gasteiger partial charge is 0.305 e. The number of aryl methyl sites for hydroxylation is 2. The predicted molar refractivity (Wildman–Crippen MR) is 99.5 cm³/mol. The van der Waals surface area contributed by atoms with E-state index in [1.807, 2.05) is 26.0 Å². The maximum Gasteiger partial charge on any atom is 0.305 e. The van der Waals surface area contributed by atoms with Gasteiger partial charge in [-0.05, 0) is 31.6 Å². The number of ether oxygens (including phenoxy) is 3. The van der Waals surface area contributed by atoms with Crippen LogP contribution in [0.4, 0.5) is 5.69 Å². The summed E-state index contributed by atoms with van der Waals surface area (Å²) in [6.45, 7) is 6.09. The summed E-state index contributed by atoms with van der Waals surface area (Å²) < 4.78 is 16.3. The summed E-state index contributed by atoms with van der Waals surface area (Å²) in [6.07, 6.45) is 1.08. The molecule has 2 saturated heterocycles. The monoisotopic (exact) mass is 399 g/mol. The Bertz CT molecular complexity index is 952. The van der Waals surface area contributed by atoms with Crippen LogP contribution in [0, 0.1) is 25.7 Å². The van der Waals surface area contributed by atoms with E-state index in [-0.39, 0.29) is 5.91 Å². The maximum absolute atomic E-state index is 13.4. The molecule has 3 heterocycles. The lowest BCUT2D eigenvalue weighted by atomic mass is 9.76. The Morgan fingerprint density at radius 1 is 1.10 bits per heavy atom. The molecule has 0 N–H and O–H groups in total.